The van der Waals surface area contributed by atoms with Crippen molar-refractivity contribution in [3.8, 4) is 0 Å². The van der Waals surface area contributed by atoms with E-state index in [0.717, 1.165) is 24.1 Å². The van der Waals surface area contributed by atoms with Crippen molar-refractivity contribution in [1.82, 2.24) is 14.5 Å². The van der Waals surface area contributed by atoms with E-state index < -0.39 is 10.0 Å². The summed E-state index contributed by atoms with van der Waals surface area (Å²) in [5.41, 5.74) is 2.12. The van der Waals surface area contributed by atoms with E-state index in [0.29, 0.717) is 37.5 Å². The Morgan fingerprint density at radius 2 is 1.70 bits per heavy atom. The third kappa shape index (κ3) is 5.90. The topological polar surface area (TPSA) is 69.7 Å². The predicted molar refractivity (Wildman–Crippen MR) is 119 cm³/mol. The Morgan fingerprint density at radius 3 is 2.40 bits per heavy atom. The van der Waals surface area contributed by atoms with Crippen molar-refractivity contribution in [2.45, 2.75) is 37.6 Å². The van der Waals surface area contributed by atoms with E-state index >= 15 is 0 Å². The fourth-order valence-electron chi connectivity index (χ4n) is 3.67. The maximum atomic E-state index is 12.9. The number of sulfonamides is 1. The lowest BCUT2D eigenvalue weighted by molar-refractivity contribution is -0.122. The highest BCUT2D eigenvalue weighted by Crippen LogP contribution is 2.18. The van der Waals surface area contributed by atoms with Crippen LogP contribution >= 0.6 is 0 Å². The number of amides is 1. The summed E-state index contributed by atoms with van der Waals surface area (Å²) in [5.74, 6) is 0.0136. The highest BCUT2D eigenvalue weighted by molar-refractivity contribution is 7.89. The highest BCUT2D eigenvalue weighted by Gasteiger charge is 2.27. The third-order valence-electron chi connectivity index (χ3n) is 5.54. The van der Waals surface area contributed by atoms with Gasteiger partial charge < -0.3 is 10.2 Å². The van der Waals surface area contributed by atoms with Crippen molar-refractivity contribution >= 4 is 15.9 Å². The van der Waals surface area contributed by atoms with Crippen LogP contribution in [0.1, 0.15) is 36.9 Å². The van der Waals surface area contributed by atoms with Crippen LogP contribution in [0.3, 0.4) is 0 Å². The number of nitrogens with one attached hydrogen (secondary N) is 1. The van der Waals surface area contributed by atoms with E-state index in [4.69, 9.17) is 0 Å². The largest absolute Gasteiger partial charge is 0.350 e. The Hall–Kier alpha value is -2.22. The van der Waals surface area contributed by atoms with Crippen molar-refractivity contribution < 1.29 is 13.2 Å². The molecule has 2 aromatic rings. The van der Waals surface area contributed by atoms with Gasteiger partial charge in [0.25, 0.3) is 0 Å². The Labute approximate surface area is 179 Å². The molecule has 0 saturated carbocycles. The average molecular weight is 430 g/mol. The molecule has 0 aliphatic carbocycles. The van der Waals surface area contributed by atoms with Crippen LogP contribution in [0.15, 0.2) is 59.5 Å². The molecule has 0 unspecified atom stereocenters. The molecule has 1 N–H and O–H groups in total. The summed E-state index contributed by atoms with van der Waals surface area (Å²) < 4.78 is 27.4. The molecule has 1 aliphatic rings. The average Bonchev–Trinajstić information content (AvgIpc) is 2.99. The molecular weight excluding hydrogens is 398 g/mol. The van der Waals surface area contributed by atoms with Gasteiger partial charge in [0, 0.05) is 32.6 Å². The van der Waals surface area contributed by atoms with Gasteiger partial charge in [-0.15, -0.1) is 0 Å². The zero-order valence-electron chi connectivity index (χ0n) is 17.8. The summed E-state index contributed by atoms with van der Waals surface area (Å²) >= 11 is 0. The van der Waals surface area contributed by atoms with Crippen LogP contribution in [-0.4, -0.2) is 56.3 Å². The fraction of sp³-hybridized carbons (Fsp3) is 0.435. The number of nitrogens with zero attached hydrogens (tertiary/aromatic N) is 2. The van der Waals surface area contributed by atoms with Gasteiger partial charge >= 0.3 is 0 Å². The van der Waals surface area contributed by atoms with Crippen molar-refractivity contribution in [2.24, 2.45) is 0 Å². The second kappa shape index (κ2) is 10.2. The smallest absolute Gasteiger partial charge is 0.243 e. The summed E-state index contributed by atoms with van der Waals surface area (Å²) in [4.78, 5) is 14.9. The molecule has 1 aliphatic heterocycles. The number of carbonyl (C=O) groups is 1. The van der Waals surface area contributed by atoms with E-state index in [9.17, 15) is 13.2 Å². The Morgan fingerprint density at radius 1 is 1.00 bits per heavy atom. The molecule has 0 bridgehead atoms. The summed E-state index contributed by atoms with van der Waals surface area (Å²) in [5, 5.41) is 3.04. The maximum absolute atomic E-state index is 12.9. The Kier molecular flexibility index (Phi) is 7.64. The standard InChI is InChI=1S/C23H31N3O3S/c1-19-9-11-22(12-10-19)30(28,29)26-15-6-14-25(17-18-26)16-13-23(27)24-20(2)21-7-4-3-5-8-21/h3-5,7-12,20H,6,13-18H2,1-2H3,(H,24,27)/t20-/m1/s1. The second-order valence-electron chi connectivity index (χ2n) is 7.86. The van der Waals surface area contributed by atoms with Crippen LogP contribution in [0.25, 0.3) is 0 Å². The molecule has 0 aromatic heterocycles. The van der Waals surface area contributed by atoms with Gasteiger partial charge in [-0.1, -0.05) is 48.0 Å². The van der Waals surface area contributed by atoms with Crippen LogP contribution in [0.2, 0.25) is 0 Å². The van der Waals surface area contributed by atoms with E-state index in [1.54, 1.807) is 16.4 Å². The van der Waals surface area contributed by atoms with E-state index in [1.165, 1.54) is 0 Å². The number of benzene rings is 2. The van der Waals surface area contributed by atoms with Crippen LogP contribution in [0.4, 0.5) is 0 Å². The lowest BCUT2D eigenvalue weighted by Gasteiger charge is -2.22. The van der Waals surface area contributed by atoms with Crippen LogP contribution in [0, 0.1) is 6.92 Å². The number of hydrogen-bond donors (Lipinski definition) is 1. The number of aryl methyl sites for hydroxylation is 1. The second-order valence-corrected chi connectivity index (χ2v) is 9.80. The molecule has 6 nitrogen and oxygen atoms in total. The van der Waals surface area contributed by atoms with Crippen molar-refractivity contribution in [2.75, 3.05) is 32.7 Å². The van der Waals surface area contributed by atoms with Crippen molar-refractivity contribution in [3.63, 3.8) is 0 Å². The van der Waals surface area contributed by atoms with Crippen molar-refractivity contribution in [3.05, 3.63) is 65.7 Å². The number of carbonyl (C=O) groups excluding carboxylic acids is 1. The van der Waals surface area contributed by atoms with Gasteiger partial charge in [-0.05, 0) is 44.5 Å². The van der Waals surface area contributed by atoms with Crippen LogP contribution < -0.4 is 5.32 Å². The van der Waals surface area contributed by atoms with Gasteiger partial charge in [0.15, 0.2) is 0 Å². The van der Waals surface area contributed by atoms with Crippen LogP contribution in [-0.2, 0) is 14.8 Å². The normalized spacial score (nSPS) is 17.3. The molecule has 162 valence electrons. The fourth-order valence-corrected chi connectivity index (χ4v) is 5.14. The first-order chi connectivity index (χ1) is 14.4. The molecule has 0 radical (unpaired) electrons. The summed E-state index contributed by atoms with van der Waals surface area (Å²) in [7, 11) is -3.48. The van der Waals surface area contributed by atoms with Crippen molar-refractivity contribution in [1.29, 1.82) is 0 Å². The minimum absolute atomic E-state index is 0.0136. The molecular formula is C23H31N3O3S. The SMILES string of the molecule is Cc1ccc(S(=O)(=O)N2CCCN(CCC(=O)N[C@H](C)c3ccccc3)CC2)cc1. The lowest BCUT2D eigenvalue weighted by Crippen LogP contribution is -2.36. The Balaban J connectivity index is 1.49. The maximum Gasteiger partial charge on any atom is 0.243 e. The quantitative estimate of drug-likeness (QED) is 0.735. The van der Waals surface area contributed by atoms with E-state index in [2.05, 4.69) is 10.2 Å². The minimum Gasteiger partial charge on any atom is -0.350 e. The first kappa shape index (κ1) is 22.5. The first-order valence-electron chi connectivity index (χ1n) is 10.5. The molecule has 1 amide bonds. The van der Waals surface area contributed by atoms with Crippen LogP contribution in [0.5, 0.6) is 0 Å². The van der Waals surface area contributed by atoms with Gasteiger partial charge in [0.05, 0.1) is 10.9 Å². The van der Waals surface area contributed by atoms with Gasteiger partial charge in [-0.3, -0.25) is 4.79 Å². The van der Waals surface area contributed by atoms with Gasteiger partial charge in [-0.2, -0.15) is 4.31 Å². The zero-order chi connectivity index (χ0) is 21.6. The molecule has 0 spiro atoms. The molecule has 7 heteroatoms. The van der Waals surface area contributed by atoms with Gasteiger partial charge in [0.2, 0.25) is 15.9 Å². The highest BCUT2D eigenvalue weighted by atomic mass is 32.2. The summed E-state index contributed by atoms with van der Waals surface area (Å²) in [6.07, 6.45) is 1.16. The first-order valence-corrected chi connectivity index (χ1v) is 11.9. The third-order valence-corrected chi connectivity index (χ3v) is 7.45. The molecule has 1 saturated heterocycles. The predicted octanol–water partition coefficient (Wildman–Crippen LogP) is 2.96. The molecule has 1 heterocycles. The molecule has 1 atom stereocenters. The monoisotopic (exact) mass is 429 g/mol. The number of rotatable bonds is 7. The number of hydrogen-bond acceptors (Lipinski definition) is 4. The van der Waals surface area contributed by atoms with E-state index in [1.807, 2.05) is 56.3 Å². The molecule has 1 fully saturated rings. The van der Waals surface area contributed by atoms with Gasteiger partial charge in [-0.25, -0.2) is 8.42 Å². The molecule has 3 rings (SSSR count). The minimum atomic E-state index is -3.48. The van der Waals surface area contributed by atoms with E-state index in [-0.39, 0.29) is 11.9 Å². The summed E-state index contributed by atoms with van der Waals surface area (Å²) in [6.45, 7) is 6.92. The summed E-state index contributed by atoms with van der Waals surface area (Å²) in [6, 6.07) is 16.9. The molecule has 30 heavy (non-hydrogen) atoms. The molecule has 2 aromatic carbocycles. The Bertz CT molecular complexity index is 930. The zero-order valence-corrected chi connectivity index (χ0v) is 18.6. The van der Waals surface area contributed by atoms with Gasteiger partial charge in [0.1, 0.15) is 0 Å². The lowest BCUT2D eigenvalue weighted by atomic mass is 10.1.